The Bertz CT molecular complexity index is 561. The second-order valence-electron chi connectivity index (χ2n) is 5.35. The van der Waals surface area contributed by atoms with Gasteiger partial charge in [-0.2, -0.15) is 0 Å². The molecule has 6 heteroatoms. The largest absolute Gasteiger partial charge is 0.335 e. The van der Waals surface area contributed by atoms with Crippen LogP contribution in [0.5, 0.6) is 0 Å². The van der Waals surface area contributed by atoms with Crippen molar-refractivity contribution in [1.82, 2.24) is 4.90 Å². The summed E-state index contributed by atoms with van der Waals surface area (Å²) in [5, 5.41) is 1.96. The molecule has 104 valence electrons. The molecule has 0 N–H and O–H groups in total. The van der Waals surface area contributed by atoms with Crippen molar-refractivity contribution in [2.75, 3.05) is 11.5 Å². The number of hydrogen-bond donors (Lipinski definition) is 0. The van der Waals surface area contributed by atoms with Gasteiger partial charge in [0.2, 0.25) is 5.91 Å². The van der Waals surface area contributed by atoms with Crippen LogP contribution in [0.25, 0.3) is 0 Å². The number of thiophene rings is 1. The van der Waals surface area contributed by atoms with Gasteiger partial charge in [-0.1, -0.05) is 6.07 Å². The first kappa shape index (κ1) is 13.1. The molecule has 0 bridgehead atoms. The fraction of sp³-hybridized carbons (Fsp3) is 0.615. The first-order valence-corrected chi connectivity index (χ1v) is 9.29. The quantitative estimate of drug-likeness (QED) is 0.846. The van der Waals surface area contributed by atoms with Gasteiger partial charge in [-0.05, 0) is 30.7 Å². The Labute approximate surface area is 117 Å². The lowest BCUT2D eigenvalue weighted by molar-refractivity contribution is -0.132. The molecule has 1 aromatic heterocycles. The normalized spacial score (nSPS) is 25.4. The minimum absolute atomic E-state index is 0.0899. The molecule has 0 aromatic carbocycles. The molecule has 4 nitrogen and oxygen atoms in total. The van der Waals surface area contributed by atoms with Crippen LogP contribution in [0.2, 0.25) is 0 Å². The van der Waals surface area contributed by atoms with Gasteiger partial charge in [-0.25, -0.2) is 8.42 Å². The lowest BCUT2D eigenvalue weighted by Gasteiger charge is -2.28. The third-order valence-corrected chi connectivity index (χ3v) is 6.36. The van der Waals surface area contributed by atoms with Crippen molar-refractivity contribution < 1.29 is 13.2 Å². The summed E-state index contributed by atoms with van der Waals surface area (Å²) in [5.41, 5.74) is 0. The smallest absolute Gasteiger partial charge is 0.228 e. The summed E-state index contributed by atoms with van der Waals surface area (Å²) < 4.78 is 23.2. The molecule has 1 saturated heterocycles. The second-order valence-corrected chi connectivity index (χ2v) is 8.61. The molecule has 1 aromatic rings. The van der Waals surface area contributed by atoms with E-state index in [4.69, 9.17) is 0 Å². The van der Waals surface area contributed by atoms with Crippen LogP contribution in [0, 0.1) is 0 Å². The van der Waals surface area contributed by atoms with Crippen molar-refractivity contribution in [3.05, 3.63) is 22.4 Å². The maximum Gasteiger partial charge on any atom is 0.228 e. The van der Waals surface area contributed by atoms with Gasteiger partial charge >= 0.3 is 0 Å². The number of rotatable bonds is 4. The monoisotopic (exact) mass is 299 g/mol. The molecule has 1 saturated carbocycles. The van der Waals surface area contributed by atoms with Crippen molar-refractivity contribution in [1.29, 1.82) is 0 Å². The van der Waals surface area contributed by atoms with Gasteiger partial charge in [-0.15, -0.1) is 11.3 Å². The van der Waals surface area contributed by atoms with Crippen LogP contribution in [0.1, 0.15) is 24.1 Å². The molecule has 2 aliphatic rings. The Kier molecular flexibility index (Phi) is 3.39. The van der Waals surface area contributed by atoms with Crippen LogP contribution in [0.4, 0.5) is 0 Å². The number of carbonyl (C=O) groups excluding carboxylic acids is 1. The highest BCUT2D eigenvalue weighted by Crippen LogP contribution is 2.33. The summed E-state index contributed by atoms with van der Waals surface area (Å²) in [6, 6.07) is 4.09. The summed E-state index contributed by atoms with van der Waals surface area (Å²) in [4.78, 5) is 15.3. The van der Waals surface area contributed by atoms with Crippen molar-refractivity contribution in [3.63, 3.8) is 0 Å². The molecule has 3 rings (SSSR count). The zero-order valence-electron chi connectivity index (χ0n) is 10.6. The van der Waals surface area contributed by atoms with E-state index >= 15 is 0 Å². The summed E-state index contributed by atoms with van der Waals surface area (Å²) >= 11 is 1.58. The summed E-state index contributed by atoms with van der Waals surface area (Å²) in [6.45, 7) is 0. The zero-order valence-corrected chi connectivity index (χ0v) is 12.3. The van der Waals surface area contributed by atoms with Crippen LogP contribution in [0.3, 0.4) is 0 Å². The molecule has 1 aliphatic carbocycles. The van der Waals surface area contributed by atoms with E-state index in [1.807, 2.05) is 22.4 Å². The lowest BCUT2D eigenvalue weighted by Crippen LogP contribution is -2.43. The van der Waals surface area contributed by atoms with E-state index in [1.165, 1.54) is 0 Å². The molecule has 0 radical (unpaired) electrons. The predicted octanol–water partition coefficient (Wildman–Crippen LogP) is 1.47. The molecule has 1 atom stereocenters. The van der Waals surface area contributed by atoms with E-state index in [0.717, 1.165) is 17.7 Å². The topological polar surface area (TPSA) is 54.5 Å². The Morgan fingerprint density at radius 1 is 1.32 bits per heavy atom. The van der Waals surface area contributed by atoms with Crippen LogP contribution in [0.15, 0.2) is 17.5 Å². The van der Waals surface area contributed by atoms with Crippen LogP contribution < -0.4 is 0 Å². The maximum atomic E-state index is 12.4. The van der Waals surface area contributed by atoms with E-state index in [2.05, 4.69) is 0 Å². The molecule has 1 amide bonds. The number of hydrogen-bond acceptors (Lipinski definition) is 4. The predicted molar refractivity (Wildman–Crippen MR) is 74.9 cm³/mol. The van der Waals surface area contributed by atoms with Crippen LogP contribution in [-0.2, 0) is 21.1 Å². The summed E-state index contributed by atoms with van der Waals surface area (Å²) in [6.07, 6.45) is 3.05. The Hall–Kier alpha value is -0.880. The number of carbonyl (C=O) groups is 1. The van der Waals surface area contributed by atoms with Gasteiger partial charge in [0.05, 0.1) is 17.9 Å². The average Bonchev–Trinajstić information content (AvgIpc) is 2.90. The molecule has 2 heterocycles. The summed E-state index contributed by atoms with van der Waals surface area (Å²) in [5.74, 6) is 0.472. The fourth-order valence-electron chi connectivity index (χ4n) is 2.71. The average molecular weight is 299 g/mol. The van der Waals surface area contributed by atoms with Crippen LogP contribution in [-0.4, -0.2) is 42.8 Å². The Balaban J connectivity index is 1.72. The summed E-state index contributed by atoms with van der Waals surface area (Å²) in [7, 11) is -2.93. The Morgan fingerprint density at radius 2 is 2.11 bits per heavy atom. The van der Waals surface area contributed by atoms with Gasteiger partial charge in [0, 0.05) is 17.0 Å². The standard InChI is InChI=1S/C13H17NO3S2/c15-13(8-12-2-1-6-18-12)14(10-3-4-10)11-5-7-19(16,17)9-11/h1-2,6,10-11H,3-5,7-9H2/t11-/m1/s1. The number of amides is 1. The lowest BCUT2D eigenvalue weighted by atomic mass is 10.2. The van der Waals surface area contributed by atoms with Crippen molar-refractivity contribution in [3.8, 4) is 0 Å². The van der Waals surface area contributed by atoms with E-state index in [1.54, 1.807) is 11.3 Å². The Morgan fingerprint density at radius 3 is 2.63 bits per heavy atom. The molecular weight excluding hydrogens is 282 g/mol. The number of nitrogens with zero attached hydrogens (tertiary/aromatic N) is 1. The molecule has 2 fully saturated rings. The molecule has 1 aliphatic heterocycles. The highest BCUT2D eigenvalue weighted by atomic mass is 32.2. The minimum atomic E-state index is -2.93. The highest BCUT2D eigenvalue weighted by Gasteiger charge is 2.41. The third-order valence-electron chi connectivity index (χ3n) is 3.74. The van der Waals surface area contributed by atoms with E-state index in [0.29, 0.717) is 12.8 Å². The number of sulfone groups is 1. The third kappa shape index (κ3) is 3.00. The van der Waals surface area contributed by atoms with Gasteiger partial charge in [0.1, 0.15) is 0 Å². The van der Waals surface area contributed by atoms with Crippen molar-refractivity contribution in [2.45, 2.75) is 37.8 Å². The molecular formula is C13H17NO3S2. The molecule has 0 spiro atoms. The van der Waals surface area contributed by atoms with Gasteiger partial charge < -0.3 is 4.90 Å². The minimum Gasteiger partial charge on any atom is -0.335 e. The van der Waals surface area contributed by atoms with Crippen LogP contribution >= 0.6 is 11.3 Å². The van der Waals surface area contributed by atoms with E-state index in [9.17, 15) is 13.2 Å². The first-order valence-electron chi connectivity index (χ1n) is 6.59. The van der Waals surface area contributed by atoms with Gasteiger partial charge in [0.25, 0.3) is 0 Å². The van der Waals surface area contributed by atoms with Crippen molar-refractivity contribution in [2.24, 2.45) is 0 Å². The van der Waals surface area contributed by atoms with Crippen molar-refractivity contribution >= 4 is 27.1 Å². The highest BCUT2D eigenvalue weighted by molar-refractivity contribution is 7.91. The fourth-order valence-corrected chi connectivity index (χ4v) is 5.11. The zero-order chi connectivity index (χ0) is 13.5. The second kappa shape index (κ2) is 4.90. The molecule has 19 heavy (non-hydrogen) atoms. The first-order chi connectivity index (χ1) is 9.05. The molecule has 0 unspecified atom stereocenters. The van der Waals surface area contributed by atoms with Gasteiger partial charge in [0.15, 0.2) is 9.84 Å². The maximum absolute atomic E-state index is 12.4. The van der Waals surface area contributed by atoms with E-state index in [-0.39, 0.29) is 29.5 Å². The van der Waals surface area contributed by atoms with Gasteiger partial charge in [-0.3, -0.25) is 4.79 Å². The SMILES string of the molecule is O=C(Cc1cccs1)N(C1CC1)[C@@H]1CCS(=O)(=O)C1. The van der Waals surface area contributed by atoms with E-state index < -0.39 is 9.84 Å².